The van der Waals surface area contributed by atoms with E-state index >= 15 is 0 Å². The second-order valence-electron chi connectivity index (χ2n) is 2.35. The van der Waals surface area contributed by atoms with Crippen molar-refractivity contribution < 1.29 is 18.0 Å². The fraction of sp³-hybridized carbons (Fsp3) is 0.143. The molecule has 1 heterocycles. The summed E-state index contributed by atoms with van der Waals surface area (Å²) in [6.45, 7) is 0. The van der Waals surface area contributed by atoms with Gasteiger partial charge in [0, 0.05) is 0 Å². The second kappa shape index (κ2) is 3.83. The zero-order valence-corrected chi connectivity index (χ0v) is 7.24. The van der Waals surface area contributed by atoms with Crippen molar-refractivity contribution in [1.29, 1.82) is 0 Å². The number of halogens is 4. The summed E-state index contributed by atoms with van der Waals surface area (Å²) < 4.78 is 36.9. The molecule has 1 aromatic heterocycles. The van der Waals surface area contributed by atoms with E-state index in [2.05, 4.69) is 0 Å². The fourth-order valence-corrected chi connectivity index (χ4v) is 0.962. The predicted octanol–water partition coefficient (Wildman–Crippen LogP) is 1.83. The van der Waals surface area contributed by atoms with E-state index < -0.39 is 34.3 Å². The van der Waals surface area contributed by atoms with Crippen LogP contribution in [0, 0.1) is 5.82 Å². The Morgan fingerprint density at radius 1 is 1.50 bits per heavy atom. The summed E-state index contributed by atoms with van der Waals surface area (Å²) in [5.41, 5.74) is -3.09. The standard InChI is InChI=1S/C7H3ClF3NO2/c8-5(13)4-3(9)1-2(6(10)11)7(14)12-4/h1,6H,(H,12,14). The molecule has 0 saturated carbocycles. The molecule has 7 heteroatoms. The number of aromatic nitrogens is 1. The van der Waals surface area contributed by atoms with Crippen molar-refractivity contribution in [2.75, 3.05) is 0 Å². The molecular weight excluding hydrogens is 223 g/mol. The van der Waals surface area contributed by atoms with Crippen LogP contribution in [0.5, 0.6) is 0 Å². The third-order valence-corrected chi connectivity index (χ3v) is 1.64. The highest BCUT2D eigenvalue weighted by molar-refractivity contribution is 6.67. The molecule has 0 unspecified atom stereocenters. The third-order valence-electron chi connectivity index (χ3n) is 1.45. The second-order valence-corrected chi connectivity index (χ2v) is 2.69. The number of nitrogens with one attached hydrogen (secondary N) is 1. The highest BCUT2D eigenvalue weighted by Gasteiger charge is 2.18. The first-order valence-corrected chi connectivity index (χ1v) is 3.72. The van der Waals surface area contributed by atoms with Gasteiger partial charge in [0.2, 0.25) is 0 Å². The van der Waals surface area contributed by atoms with Crippen LogP contribution in [0.1, 0.15) is 22.5 Å². The van der Waals surface area contributed by atoms with Crippen molar-refractivity contribution >= 4 is 16.8 Å². The number of alkyl halides is 2. The lowest BCUT2D eigenvalue weighted by molar-refractivity contribution is 0.107. The van der Waals surface area contributed by atoms with Crippen molar-refractivity contribution in [3.05, 3.63) is 33.5 Å². The van der Waals surface area contributed by atoms with Gasteiger partial charge in [0.25, 0.3) is 17.2 Å². The highest BCUT2D eigenvalue weighted by atomic mass is 35.5. The van der Waals surface area contributed by atoms with Crippen LogP contribution in [-0.2, 0) is 0 Å². The van der Waals surface area contributed by atoms with E-state index in [0.29, 0.717) is 6.07 Å². The largest absolute Gasteiger partial charge is 0.316 e. The number of rotatable bonds is 2. The van der Waals surface area contributed by atoms with Crippen LogP contribution in [-0.4, -0.2) is 10.2 Å². The molecule has 76 valence electrons. The molecule has 0 spiro atoms. The molecule has 0 saturated heterocycles. The molecule has 1 rings (SSSR count). The summed E-state index contributed by atoms with van der Waals surface area (Å²) in [6, 6.07) is 0.291. The minimum atomic E-state index is -3.10. The minimum absolute atomic E-state index is 0.291. The topological polar surface area (TPSA) is 49.9 Å². The predicted molar refractivity (Wildman–Crippen MR) is 42.2 cm³/mol. The van der Waals surface area contributed by atoms with Gasteiger partial charge in [-0.15, -0.1) is 0 Å². The number of aromatic amines is 1. The number of H-pyrrole nitrogens is 1. The van der Waals surface area contributed by atoms with Gasteiger partial charge in [-0.2, -0.15) is 0 Å². The van der Waals surface area contributed by atoms with Crippen LogP contribution in [0.4, 0.5) is 13.2 Å². The van der Waals surface area contributed by atoms with Crippen molar-refractivity contribution in [3.63, 3.8) is 0 Å². The Morgan fingerprint density at radius 3 is 2.50 bits per heavy atom. The Kier molecular flexibility index (Phi) is 2.95. The van der Waals surface area contributed by atoms with Crippen molar-refractivity contribution in [2.24, 2.45) is 0 Å². The van der Waals surface area contributed by atoms with E-state index in [-0.39, 0.29) is 0 Å². The maximum Gasteiger partial charge on any atom is 0.271 e. The molecule has 3 nitrogen and oxygen atoms in total. The average Bonchev–Trinajstić information content (AvgIpc) is 2.07. The van der Waals surface area contributed by atoms with Gasteiger partial charge in [0.15, 0.2) is 5.82 Å². The average molecular weight is 226 g/mol. The molecule has 0 radical (unpaired) electrons. The van der Waals surface area contributed by atoms with Crippen LogP contribution in [0.3, 0.4) is 0 Å². The lowest BCUT2D eigenvalue weighted by Gasteiger charge is -2.00. The Morgan fingerprint density at radius 2 is 2.07 bits per heavy atom. The first kappa shape index (κ1) is 10.8. The van der Waals surface area contributed by atoms with E-state index in [4.69, 9.17) is 11.6 Å². The van der Waals surface area contributed by atoms with E-state index in [1.54, 1.807) is 4.98 Å². The Balaban J connectivity index is 3.39. The molecule has 0 atom stereocenters. The summed E-state index contributed by atoms with van der Waals surface area (Å²) in [5, 5.41) is -1.25. The number of carbonyl (C=O) groups excluding carboxylic acids is 1. The SMILES string of the molecule is O=C(Cl)c1[nH]c(=O)c(C(F)F)cc1F. The van der Waals surface area contributed by atoms with Crippen LogP contribution in [0.25, 0.3) is 0 Å². The maximum atomic E-state index is 12.8. The molecule has 1 N–H and O–H groups in total. The van der Waals surface area contributed by atoms with Gasteiger partial charge in [-0.3, -0.25) is 9.59 Å². The molecular formula is C7H3ClF3NO2. The summed E-state index contributed by atoms with van der Waals surface area (Å²) >= 11 is 4.88. The van der Waals surface area contributed by atoms with Gasteiger partial charge < -0.3 is 4.98 Å². The van der Waals surface area contributed by atoms with Crippen molar-refractivity contribution in [3.8, 4) is 0 Å². The summed E-state index contributed by atoms with van der Waals surface area (Å²) in [5.74, 6) is -1.28. The zero-order valence-electron chi connectivity index (χ0n) is 6.48. The highest BCUT2D eigenvalue weighted by Crippen LogP contribution is 2.16. The normalized spacial score (nSPS) is 10.6. The first-order chi connectivity index (χ1) is 6.43. The van der Waals surface area contributed by atoms with Gasteiger partial charge >= 0.3 is 0 Å². The molecule has 14 heavy (non-hydrogen) atoms. The van der Waals surface area contributed by atoms with Gasteiger partial charge in [-0.1, -0.05) is 0 Å². The van der Waals surface area contributed by atoms with E-state index in [1.165, 1.54) is 0 Å². The molecule has 0 aliphatic rings. The summed E-state index contributed by atoms with van der Waals surface area (Å²) in [6.07, 6.45) is -3.10. The van der Waals surface area contributed by atoms with Crippen LogP contribution < -0.4 is 5.56 Å². The fourth-order valence-electron chi connectivity index (χ4n) is 0.825. The van der Waals surface area contributed by atoms with Crippen molar-refractivity contribution in [1.82, 2.24) is 4.98 Å². The molecule has 0 aliphatic heterocycles. The number of carbonyl (C=O) groups is 1. The van der Waals surface area contributed by atoms with Gasteiger partial charge in [0.05, 0.1) is 5.56 Å². The lowest BCUT2D eigenvalue weighted by atomic mass is 10.2. The Bertz CT molecular complexity index is 429. The monoisotopic (exact) mass is 225 g/mol. The molecule has 0 fully saturated rings. The Labute approximate surface area is 80.5 Å². The summed E-state index contributed by atoms with van der Waals surface area (Å²) in [7, 11) is 0. The number of pyridine rings is 1. The van der Waals surface area contributed by atoms with E-state index in [0.717, 1.165) is 0 Å². The Hall–Kier alpha value is -1.30. The van der Waals surface area contributed by atoms with Crippen molar-refractivity contribution in [2.45, 2.75) is 6.43 Å². The number of hydrogen-bond acceptors (Lipinski definition) is 2. The quantitative estimate of drug-likeness (QED) is 0.781. The first-order valence-electron chi connectivity index (χ1n) is 3.34. The smallest absolute Gasteiger partial charge is 0.271 e. The lowest BCUT2D eigenvalue weighted by Crippen LogP contribution is -2.18. The van der Waals surface area contributed by atoms with Crippen LogP contribution in [0.15, 0.2) is 10.9 Å². The molecule has 0 aliphatic carbocycles. The molecule has 0 aromatic carbocycles. The van der Waals surface area contributed by atoms with Crippen LogP contribution in [0.2, 0.25) is 0 Å². The van der Waals surface area contributed by atoms with Crippen LogP contribution >= 0.6 is 11.6 Å². The molecule has 1 aromatic rings. The van der Waals surface area contributed by atoms with Gasteiger partial charge in [-0.25, -0.2) is 13.2 Å². The molecule has 0 amide bonds. The van der Waals surface area contributed by atoms with Gasteiger partial charge in [0.1, 0.15) is 5.69 Å². The maximum absolute atomic E-state index is 12.8. The van der Waals surface area contributed by atoms with Gasteiger partial charge in [-0.05, 0) is 17.7 Å². The third kappa shape index (κ3) is 1.95. The minimum Gasteiger partial charge on any atom is -0.316 e. The zero-order chi connectivity index (χ0) is 10.9. The summed E-state index contributed by atoms with van der Waals surface area (Å²) in [4.78, 5) is 22.9. The van der Waals surface area contributed by atoms with E-state index in [9.17, 15) is 22.8 Å². The number of hydrogen-bond donors (Lipinski definition) is 1. The van der Waals surface area contributed by atoms with E-state index in [1.807, 2.05) is 0 Å². The molecule has 0 bridgehead atoms.